The molecule has 0 bridgehead atoms. The van der Waals surface area contributed by atoms with Crippen molar-refractivity contribution in [3.63, 3.8) is 0 Å². The number of esters is 1. The van der Waals surface area contributed by atoms with Gasteiger partial charge in [0.2, 0.25) is 5.65 Å². The van der Waals surface area contributed by atoms with Crippen molar-refractivity contribution in [2.45, 2.75) is 6.92 Å². The highest BCUT2D eigenvalue weighted by Gasteiger charge is 2.26. The monoisotopic (exact) mass is 368 g/mol. The summed E-state index contributed by atoms with van der Waals surface area (Å²) in [6.45, 7) is 1.93. The van der Waals surface area contributed by atoms with Gasteiger partial charge in [-0.1, -0.05) is 41.9 Å². The van der Waals surface area contributed by atoms with Crippen LogP contribution in [0, 0.1) is 5.21 Å². The fourth-order valence-electron chi connectivity index (χ4n) is 2.85. The van der Waals surface area contributed by atoms with Crippen molar-refractivity contribution >= 4 is 34.3 Å². The van der Waals surface area contributed by atoms with E-state index in [1.54, 1.807) is 25.1 Å². The molecule has 8 heteroatoms. The second kappa shape index (κ2) is 6.27. The Kier molecular flexibility index (Phi) is 3.93. The van der Waals surface area contributed by atoms with Crippen molar-refractivity contribution < 1.29 is 14.4 Å². The van der Waals surface area contributed by atoms with Crippen LogP contribution in [0.15, 0.2) is 48.5 Å². The summed E-state index contributed by atoms with van der Waals surface area (Å²) in [6.07, 6.45) is 0. The van der Waals surface area contributed by atoms with E-state index >= 15 is 0 Å². The molecule has 0 unspecified atom stereocenters. The van der Waals surface area contributed by atoms with Gasteiger partial charge >= 0.3 is 5.97 Å². The van der Waals surface area contributed by atoms with Gasteiger partial charge in [0, 0.05) is 16.2 Å². The Morgan fingerprint density at radius 2 is 2.04 bits per heavy atom. The zero-order valence-corrected chi connectivity index (χ0v) is 14.5. The number of benzene rings is 2. The molecule has 0 aliphatic heterocycles. The first-order chi connectivity index (χ1) is 12.6. The largest absolute Gasteiger partial charge is 0.594 e. The van der Waals surface area contributed by atoms with E-state index in [1.807, 2.05) is 30.3 Å². The van der Waals surface area contributed by atoms with E-state index in [4.69, 9.17) is 16.3 Å². The van der Waals surface area contributed by atoms with Crippen molar-refractivity contribution in [2.24, 2.45) is 0 Å². The predicted molar refractivity (Wildman–Crippen MR) is 95.9 cm³/mol. The Hall–Kier alpha value is -3.19. The molecular weight excluding hydrogens is 356 g/mol. The van der Waals surface area contributed by atoms with Gasteiger partial charge < -0.3 is 9.94 Å². The van der Waals surface area contributed by atoms with Gasteiger partial charge in [-0.25, -0.2) is 9.31 Å². The third kappa shape index (κ3) is 2.53. The predicted octanol–water partition coefficient (Wildman–Crippen LogP) is 3.01. The van der Waals surface area contributed by atoms with Gasteiger partial charge in [-0.2, -0.15) is 5.10 Å². The summed E-state index contributed by atoms with van der Waals surface area (Å²) < 4.78 is 6.58. The minimum absolute atomic E-state index is 0.0954. The molecule has 0 amide bonds. The number of hydrogen-bond donors (Lipinski definition) is 0. The average Bonchev–Trinajstić information content (AvgIpc) is 3.02. The van der Waals surface area contributed by atoms with Crippen LogP contribution in [-0.2, 0) is 4.74 Å². The van der Waals surface area contributed by atoms with Crippen molar-refractivity contribution in [1.29, 1.82) is 0 Å². The van der Waals surface area contributed by atoms with E-state index in [0.29, 0.717) is 32.0 Å². The number of halogens is 1. The quantitative estimate of drug-likeness (QED) is 0.315. The van der Waals surface area contributed by atoms with E-state index in [1.165, 1.54) is 4.52 Å². The molecule has 130 valence electrons. The van der Waals surface area contributed by atoms with Crippen molar-refractivity contribution in [2.75, 3.05) is 6.61 Å². The second-order valence-electron chi connectivity index (χ2n) is 5.55. The molecule has 2 heterocycles. The lowest BCUT2D eigenvalue weighted by atomic mass is 10.1. The number of rotatable bonds is 3. The second-order valence-corrected chi connectivity index (χ2v) is 5.99. The standard InChI is InChI=1S/C18H13ClN4O3/c1-2-26-18(24)16-15(11-6-4-3-5-7-11)17-21-23(25)13-9-8-12(19)10-14(13)22(17)20-16/h3-10H,2H2,1H3. The summed E-state index contributed by atoms with van der Waals surface area (Å²) in [5.74, 6) is -0.579. The topological polar surface area (TPSA) is 83.4 Å². The molecule has 4 rings (SSSR count). The summed E-state index contributed by atoms with van der Waals surface area (Å²) in [5, 5.41) is 21.3. The van der Waals surface area contributed by atoms with Crippen molar-refractivity contribution in [1.82, 2.24) is 14.7 Å². The zero-order chi connectivity index (χ0) is 18.3. The molecule has 0 saturated heterocycles. The summed E-state index contributed by atoms with van der Waals surface area (Å²) in [7, 11) is 0. The molecule has 26 heavy (non-hydrogen) atoms. The van der Waals surface area contributed by atoms with Crippen LogP contribution in [0.3, 0.4) is 0 Å². The van der Waals surface area contributed by atoms with Gasteiger partial charge in [-0.3, -0.25) is 0 Å². The SMILES string of the molecule is CCOC(=O)c1nn2c(n[n+]([O-])c3ccc(Cl)cc32)c1-c1ccccc1. The summed E-state index contributed by atoms with van der Waals surface area (Å²) >= 11 is 6.08. The Morgan fingerprint density at radius 1 is 1.27 bits per heavy atom. The van der Waals surface area contributed by atoms with Gasteiger partial charge in [-0.05, 0) is 29.5 Å². The van der Waals surface area contributed by atoms with E-state index in [9.17, 15) is 10.0 Å². The number of ether oxygens (including phenoxy) is 1. The Morgan fingerprint density at radius 3 is 2.77 bits per heavy atom. The molecule has 0 radical (unpaired) electrons. The van der Waals surface area contributed by atoms with Crippen LogP contribution < -0.4 is 4.85 Å². The van der Waals surface area contributed by atoms with Gasteiger partial charge in [0.05, 0.1) is 12.2 Å². The molecule has 2 aromatic carbocycles. The lowest BCUT2D eigenvalue weighted by molar-refractivity contribution is -0.640. The van der Waals surface area contributed by atoms with Crippen molar-refractivity contribution in [3.05, 3.63) is 64.5 Å². The smallest absolute Gasteiger partial charge is 0.359 e. The summed E-state index contributed by atoms with van der Waals surface area (Å²) in [5.41, 5.74) is 2.24. The van der Waals surface area contributed by atoms with E-state index in [0.717, 1.165) is 0 Å². The molecule has 0 saturated carbocycles. The molecule has 0 spiro atoms. The van der Waals surface area contributed by atoms with Crippen LogP contribution in [0.4, 0.5) is 0 Å². The van der Waals surface area contributed by atoms with Gasteiger partial charge in [0.1, 0.15) is 5.52 Å². The molecule has 0 atom stereocenters. The van der Waals surface area contributed by atoms with Crippen LogP contribution >= 0.6 is 11.6 Å². The Labute approximate surface area is 153 Å². The highest BCUT2D eigenvalue weighted by molar-refractivity contribution is 6.31. The third-order valence-corrected chi connectivity index (χ3v) is 4.18. The normalized spacial score (nSPS) is 11.2. The van der Waals surface area contributed by atoms with Crippen LogP contribution in [0.25, 0.3) is 27.8 Å². The number of aromatic nitrogens is 4. The number of carbonyl (C=O) groups is 1. The molecule has 0 aliphatic rings. The maximum absolute atomic E-state index is 12.5. The molecule has 2 aromatic heterocycles. The maximum atomic E-state index is 12.5. The van der Waals surface area contributed by atoms with Gasteiger partial charge in [0.15, 0.2) is 5.69 Å². The minimum Gasteiger partial charge on any atom is -0.594 e. The number of nitrogens with zero attached hydrogens (tertiary/aromatic N) is 4. The van der Waals surface area contributed by atoms with Crippen LogP contribution in [0.1, 0.15) is 17.4 Å². The highest BCUT2D eigenvalue weighted by Crippen LogP contribution is 2.29. The molecule has 4 aromatic rings. The summed E-state index contributed by atoms with van der Waals surface area (Å²) in [6, 6.07) is 13.9. The Bertz CT molecular complexity index is 1140. The first kappa shape index (κ1) is 16.3. The molecular formula is C18H13ClN4O3. The number of carbonyl (C=O) groups excluding carboxylic acids is 1. The van der Waals surface area contributed by atoms with E-state index in [-0.39, 0.29) is 17.9 Å². The fraction of sp³-hybridized carbons (Fsp3) is 0.111. The first-order valence-electron chi connectivity index (χ1n) is 7.94. The molecule has 0 fully saturated rings. The zero-order valence-electron chi connectivity index (χ0n) is 13.7. The van der Waals surface area contributed by atoms with Gasteiger partial charge in [0.25, 0.3) is 5.52 Å². The Balaban J connectivity index is 2.14. The van der Waals surface area contributed by atoms with Crippen LogP contribution in [0.2, 0.25) is 5.02 Å². The molecule has 7 nitrogen and oxygen atoms in total. The van der Waals surface area contributed by atoms with E-state index in [2.05, 4.69) is 10.2 Å². The summed E-state index contributed by atoms with van der Waals surface area (Å²) in [4.78, 5) is 13.0. The fourth-order valence-corrected chi connectivity index (χ4v) is 3.02. The molecule has 0 N–H and O–H groups in total. The van der Waals surface area contributed by atoms with Crippen molar-refractivity contribution in [3.8, 4) is 11.1 Å². The van der Waals surface area contributed by atoms with E-state index < -0.39 is 5.97 Å². The molecule has 0 aliphatic carbocycles. The first-order valence-corrected chi connectivity index (χ1v) is 8.32. The lowest BCUT2D eigenvalue weighted by Crippen LogP contribution is -2.33. The third-order valence-electron chi connectivity index (χ3n) is 3.95. The maximum Gasteiger partial charge on any atom is 0.359 e. The van der Waals surface area contributed by atoms with Gasteiger partial charge in [-0.15, -0.1) is 0 Å². The minimum atomic E-state index is -0.579. The lowest BCUT2D eigenvalue weighted by Gasteiger charge is -2.03. The van der Waals surface area contributed by atoms with Crippen LogP contribution in [-0.4, -0.2) is 27.3 Å². The average molecular weight is 369 g/mol. The highest BCUT2D eigenvalue weighted by atomic mass is 35.5. The number of hydrogen-bond acceptors (Lipinski definition) is 5. The number of fused-ring (bicyclic) bond motifs is 3. The van der Waals surface area contributed by atoms with Crippen LogP contribution in [0.5, 0.6) is 0 Å².